The van der Waals surface area contributed by atoms with Crippen molar-refractivity contribution >= 4 is 17.7 Å². The molecule has 0 saturated carbocycles. The fourth-order valence-electron chi connectivity index (χ4n) is 0.836. The van der Waals surface area contributed by atoms with Crippen LogP contribution in [0.2, 0.25) is 0 Å². The normalized spacial score (nSPS) is 9.21. The predicted molar refractivity (Wildman–Crippen MR) is 51.0 cm³/mol. The number of thiocyanates is 1. The average Bonchev–Trinajstić information content (AvgIpc) is 2.20. The van der Waals surface area contributed by atoms with Gasteiger partial charge in [0.2, 0.25) is 17.7 Å². The summed E-state index contributed by atoms with van der Waals surface area (Å²) in [6, 6.07) is 0. The largest absolute Gasteiger partial charge is 0.480 e. The van der Waals surface area contributed by atoms with E-state index in [-0.39, 0.29) is 17.7 Å². The van der Waals surface area contributed by atoms with Gasteiger partial charge in [-0.3, -0.25) is 0 Å². The highest BCUT2D eigenvalue weighted by Gasteiger charge is 2.15. The molecule has 1 aromatic rings. The van der Waals surface area contributed by atoms with Gasteiger partial charge in [0, 0.05) is 11.8 Å². The lowest BCUT2D eigenvalue weighted by molar-refractivity contribution is 0.354. The summed E-state index contributed by atoms with van der Waals surface area (Å²) in [6.45, 7) is 0. The summed E-state index contributed by atoms with van der Waals surface area (Å²) in [5.74, 6) is 0.516. The van der Waals surface area contributed by atoms with E-state index in [0.717, 1.165) is 11.8 Å². The Morgan fingerprint density at radius 2 is 1.79 bits per heavy atom. The van der Waals surface area contributed by atoms with E-state index in [2.05, 4.69) is 9.97 Å². The molecule has 0 atom stereocenters. The van der Waals surface area contributed by atoms with Gasteiger partial charge in [-0.1, -0.05) is 0 Å². The van der Waals surface area contributed by atoms with Crippen molar-refractivity contribution in [3.63, 3.8) is 0 Å². The number of nitrogen functional groups attached to an aromatic ring is 1. The van der Waals surface area contributed by atoms with Crippen LogP contribution in [0.4, 0.5) is 5.95 Å². The third-order valence-corrected chi connectivity index (χ3v) is 2.00. The van der Waals surface area contributed by atoms with Crippen LogP contribution in [0, 0.1) is 10.7 Å². The van der Waals surface area contributed by atoms with Crippen molar-refractivity contribution in [3.05, 3.63) is 0 Å². The Bertz CT molecular complexity index is 351. The number of hydrogen-bond acceptors (Lipinski definition) is 7. The first-order valence-electron chi connectivity index (χ1n) is 3.54. The molecule has 0 spiro atoms. The number of anilines is 1. The molecule has 0 aliphatic heterocycles. The minimum Gasteiger partial charge on any atom is -0.480 e. The summed E-state index contributed by atoms with van der Waals surface area (Å²) in [4.78, 5) is 8.05. The van der Waals surface area contributed by atoms with Crippen molar-refractivity contribution in [1.29, 1.82) is 5.26 Å². The van der Waals surface area contributed by atoms with Crippen LogP contribution in [0.15, 0.2) is 4.90 Å². The van der Waals surface area contributed by atoms with Gasteiger partial charge in [0.1, 0.15) is 10.3 Å². The number of nitrogens with two attached hydrogens (primary N) is 1. The van der Waals surface area contributed by atoms with Gasteiger partial charge in [0.15, 0.2) is 0 Å². The van der Waals surface area contributed by atoms with E-state index >= 15 is 0 Å². The molecule has 1 heterocycles. The topological polar surface area (TPSA) is 94.1 Å². The van der Waals surface area contributed by atoms with Crippen LogP contribution in [0.1, 0.15) is 0 Å². The molecule has 6 nitrogen and oxygen atoms in total. The monoisotopic (exact) mass is 212 g/mol. The number of aromatic nitrogens is 2. The smallest absolute Gasteiger partial charge is 0.237 e. The maximum atomic E-state index is 8.54. The van der Waals surface area contributed by atoms with E-state index in [1.54, 1.807) is 0 Å². The van der Waals surface area contributed by atoms with E-state index in [1.165, 1.54) is 14.2 Å². The summed E-state index contributed by atoms with van der Waals surface area (Å²) >= 11 is 0.861. The van der Waals surface area contributed by atoms with Gasteiger partial charge in [-0.05, 0) is 0 Å². The van der Waals surface area contributed by atoms with Crippen molar-refractivity contribution in [2.45, 2.75) is 4.90 Å². The lowest BCUT2D eigenvalue weighted by Gasteiger charge is -2.08. The molecule has 1 aromatic heterocycles. The number of thioether (sulfide) groups is 1. The van der Waals surface area contributed by atoms with Gasteiger partial charge in [0.05, 0.1) is 14.2 Å². The van der Waals surface area contributed by atoms with E-state index in [1.807, 2.05) is 5.40 Å². The molecule has 1 rings (SSSR count). The van der Waals surface area contributed by atoms with Crippen LogP contribution in [0.3, 0.4) is 0 Å². The SMILES string of the molecule is COc1nc(N)nc(OC)c1SC#N. The van der Waals surface area contributed by atoms with Crippen LogP contribution in [-0.2, 0) is 0 Å². The summed E-state index contributed by atoms with van der Waals surface area (Å²) < 4.78 is 9.88. The molecule has 0 amide bonds. The fourth-order valence-corrected chi connectivity index (χ4v) is 1.36. The van der Waals surface area contributed by atoms with Crippen molar-refractivity contribution < 1.29 is 9.47 Å². The van der Waals surface area contributed by atoms with Crippen LogP contribution >= 0.6 is 11.8 Å². The molecule has 14 heavy (non-hydrogen) atoms. The molecule has 0 aromatic carbocycles. The lowest BCUT2D eigenvalue weighted by atomic mass is 10.6. The highest BCUT2D eigenvalue weighted by molar-refractivity contribution is 8.03. The van der Waals surface area contributed by atoms with E-state index < -0.39 is 0 Å². The summed E-state index contributed by atoms with van der Waals surface area (Å²) in [5.41, 5.74) is 5.40. The molecule has 0 fully saturated rings. The molecule has 7 heteroatoms. The fraction of sp³-hybridized carbons (Fsp3) is 0.286. The lowest BCUT2D eigenvalue weighted by Crippen LogP contribution is -2.02. The first-order valence-corrected chi connectivity index (χ1v) is 4.36. The van der Waals surface area contributed by atoms with Crippen LogP contribution in [-0.4, -0.2) is 24.2 Å². The minimum absolute atomic E-state index is 0.0426. The van der Waals surface area contributed by atoms with Gasteiger partial charge in [0.25, 0.3) is 0 Å². The van der Waals surface area contributed by atoms with E-state index in [9.17, 15) is 0 Å². The average molecular weight is 212 g/mol. The number of ether oxygens (including phenoxy) is 2. The number of methoxy groups -OCH3 is 2. The summed E-state index contributed by atoms with van der Waals surface area (Å²) in [7, 11) is 2.87. The quantitative estimate of drug-likeness (QED) is 0.580. The summed E-state index contributed by atoms with van der Waals surface area (Å²) in [6.07, 6.45) is 0. The molecule has 0 radical (unpaired) electrons. The number of nitrogens with zero attached hydrogens (tertiary/aromatic N) is 3. The van der Waals surface area contributed by atoms with E-state index in [4.69, 9.17) is 20.5 Å². The van der Waals surface area contributed by atoms with Crippen molar-refractivity contribution in [1.82, 2.24) is 9.97 Å². The van der Waals surface area contributed by atoms with Crippen LogP contribution in [0.25, 0.3) is 0 Å². The van der Waals surface area contributed by atoms with Crippen molar-refractivity contribution in [2.75, 3.05) is 20.0 Å². The molecule has 0 bridgehead atoms. The third kappa shape index (κ3) is 1.97. The maximum Gasteiger partial charge on any atom is 0.237 e. The zero-order chi connectivity index (χ0) is 10.6. The van der Waals surface area contributed by atoms with E-state index in [0.29, 0.717) is 4.90 Å². The van der Waals surface area contributed by atoms with Gasteiger partial charge < -0.3 is 15.2 Å². The Balaban J connectivity index is 3.26. The number of hydrogen-bond donors (Lipinski definition) is 1. The second kappa shape index (κ2) is 4.53. The standard InChI is InChI=1S/C7H8N4O2S/c1-12-5-4(14-3-8)6(13-2)11-7(9)10-5/h1-2H3,(H2,9,10,11). The number of nitriles is 1. The Labute approximate surface area is 85.0 Å². The molecule has 0 unspecified atom stereocenters. The number of rotatable bonds is 3. The second-order valence-corrected chi connectivity index (χ2v) is 2.92. The van der Waals surface area contributed by atoms with Gasteiger partial charge >= 0.3 is 0 Å². The minimum atomic E-state index is 0.0426. The Morgan fingerprint density at radius 1 is 1.29 bits per heavy atom. The molecule has 0 aliphatic carbocycles. The highest BCUT2D eigenvalue weighted by Crippen LogP contribution is 2.34. The first kappa shape index (κ1) is 10.4. The molecule has 74 valence electrons. The molecular formula is C7H8N4O2S. The zero-order valence-electron chi connectivity index (χ0n) is 7.64. The molecule has 0 aliphatic rings. The van der Waals surface area contributed by atoms with Crippen LogP contribution < -0.4 is 15.2 Å². The van der Waals surface area contributed by atoms with Gasteiger partial charge in [-0.2, -0.15) is 15.2 Å². The Kier molecular flexibility index (Phi) is 3.36. The highest BCUT2D eigenvalue weighted by atomic mass is 32.2. The predicted octanol–water partition coefficient (Wildman–Crippen LogP) is 0.649. The first-order chi connectivity index (χ1) is 6.72. The Morgan fingerprint density at radius 3 is 2.14 bits per heavy atom. The molecule has 0 saturated heterocycles. The molecular weight excluding hydrogens is 204 g/mol. The summed E-state index contributed by atoms with van der Waals surface area (Å²) in [5, 5.41) is 10.4. The van der Waals surface area contributed by atoms with Crippen molar-refractivity contribution in [2.24, 2.45) is 0 Å². The maximum absolute atomic E-state index is 8.54. The van der Waals surface area contributed by atoms with Crippen molar-refractivity contribution in [3.8, 4) is 17.2 Å². The Hall–Kier alpha value is -1.68. The third-order valence-electron chi connectivity index (χ3n) is 1.36. The van der Waals surface area contributed by atoms with Gasteiger partial charge in [-0.15, -0.1) is 0 Å². The van der Waals surface area contributed by atoms with Crippen LogP contribution in [0.5, 0.6) is 11.8 Å². The second-order valence-electron chi connectivity index (χ2n) is 2.12. The molecule has 2 N–H and O–H groups in total. The zero-order valence-corrected chi connectivity index (χ0v) is 8.46. The van der Waals surface area contributed by atoms with Gasteiger partial charge in [-0.25, -0.2) is 0 Å².